The zero-order valence-electron chi connectivity index (χ0n) is 14.3. The minimum absolute atomic E-state index is 0.0915. The summed E-state index contributed by atoms with van der Waals surface area (Å²) >= 11 is 0. The van der Waals surface area contributed by atoms with Gasteiger partial charge in [0.2, 0.25) is 5.91 Å². The van der Waals surface area contributed by atoms with Gasteiger partial charge in [-0.2, -0.15) is 13.2 Å². The normalized spacial score (nSPS) is 15.2. The second-order valence-corrected chi connectivity index (χ2v) is 6.36. The van der Waals surface area contributed by atoms with Crippen molar-refractivity contribution in [1.82, 2.24) is 10.6 Å². The summed E-state index contributed by atoms with van der Waals surface area (Å²) < 4.78 is 42.3. The van der Waals surface area contributed by atoms with Gasteiger partial charge in [-0.25, -0.2) is 0 Å². The number of carbonyl (C=O) groups is 3. The Kier molecular flexibility index (Phi) is 5.15. The van der Waals surface area contributed by atoms with Crippen LogP contribution in [-0.2, 0) is 14.4 Å². The van der Waals surface area contributed by atoms with Gasteiger partial charge in [0.05, 0.1) is 11.7 Å². The predicted octanol–water partition coefficient (Wildman–Crippen LogP) is 1.65. The molecule has 1 heterocycles. The largest absolute Gasteiger partial charge is 0.482 e. The van der Waals surface area contributed by atoms with Crippen LogP contribution in [0.1, 0.15) is 32.4 Å². The van der Waals surface area contributed by atoms with Gasteiger partial charge in [-0.05, 0) is 38.5 Å². The Balaban J connectivity index is 2.08. The lowest BCUT2D eigenvalue weighted by atomic mass is 10.0. The number of carbonyl (C=O) groups excluding carboxylic acids is 3. The van der Waals surface area contributed by atoms with Crippen LogP contribution in [0.15, 0.2) is 18.2 Å². The fourth-order valence-electron chi connectivity index (χ4n) is 2.24. The van der Waals surface area contributed by atoms with E-state index in [1.54, 1.807) is 30.4 Å². The van der Waals surface area contributed by atoms with E-state index in [1.165, 1.54) is 13.8 Å². The Morgan fingerprint density at radius 2 is 1.88 bits per heavy atom. The topological polar surface area (TPSA) is 96.5 Å². The zero-order valence-corrected chi connectivity index (χ0v) is 14.3. The standard InChI is InChI=1S/C16H18F3N3O4/c1-8(9-4-5-11-10(6-9)21-12(23)7-26-11)20-13(24)15(2,3)22-14(25)16(17,18)19/h4-6,8H,7H2,1-3H3,(H,20,24)(H,21,23)(H,22,25)/t8-/m1/s1. The predicted molar refractivity (Wildman–Crippen MR) is 85.4 cm³/mol. The fraction of sp³-hybridized carbons (Fsp3) is 0.438. The molecule has 1 aliphatic rings. The Morgan fingerprint density at radius 1 is 1.23 bits per heavy atom. The second-order valence-electron chi connectivity index (χ2n) is 6.36. The van der Waals surface area contributed by atoms with Crippen molar-refractivity contribution in [2.75, 3.05) is 11.9 Å². The maximum Gasteiger partial charge on any atom is 0.471 e. The van der Waals surface area contributed by atoms with Crippen molar-refractivity contribution >= 4 is 23.4 Å². The van der Waals surface area contributed by atoms with Crippen LogP contribution in [0.25, 0.3) is 0 Å². The molecule has 0 saturated carbocycles. The summed E-state index contributed by atoms with van der Waals surface area (Å²) in [7, 11) is 0. The molecule has 10 heteroatoms. The number of nitrogens with one attached hydrogen (secondary N) is 3. The third kappa shape index (κ3) is 4.44. The van der Waals surface area contributed by atoms with E-state index in [2.05, 4.69) is 10.6 Å². The van der Waals surface area contributed by atoms with Gasteiger partial charge in [-0.1, -0.05) is 6.07 Å². The van der Waals surface area contributed by atoms with E-state index in [4.69, 9.17) is 4.74 Å². The molecule has 0 unspecified atom stereocenters. The molecular weight excluding hydrogens is 355 g/mol. The molecule has 0 radical (unpaired) electrons. The van der Waals surface area contributed by atoms with Crippen molar-refractivity contribution in [2.45, 2.75) is 38.5 Å². The van der Waals surface area contributed by atoms with Gasteiger partial charge in [0.25, 0.3) is 5.91 Å². The smallest absolute Gasteiger partial charge is 0.471 e. The minimum atomic E-state index is -5.08. The molecule has 0 aromatic heterocycles. The third-order valence-electron chi connectivity index (χ3n) is 3.74. The summed E-state index contributed by atoms with van der Waals surface area (Å²) in [6.45, 7) is 3.86. The van der Waals surface area contributed by atoms with Crippen molar-refractivity contribution < 1.29 is 32.3 Å². The molecule has 1 aromatic carbocycles. The summed E-state index contributed by atoms with van der Waals surface area (Å²) in [6, 6.07) is 4.28. The highest BCUT2D eigenvalue weighted by Gasteiger charge is 2.43. The second kappa shape index (κ2) is 6.85. The maximum absolute atomic E-state index is 12.4. The molecule has 0 aliphatic carbocycles. The monoisotopic (exact) mass is 373 g/mol. The highest BCUT2D eigenvalue weighted by atomic mass is 19.4. The molecular formula is C16H18F3N3O4. The number of hydrogen-bond donors (Lipinski definition) is 3. The van der Waals surface area contributed by atoms with Crippen LogP contribution in [0.5, 0.6) is 5.75 Å². The van der Waals surface area contributed by atoms with Crippen molar-refractivity contribution in [2.24, 2.45) is 0 Å². The molecule has 1 aliphatic heterocycles. The first-order valence-corrected chi connectivity index (χ1v) is 7.67. The first kappa shape index (κ1) is 19.5. The summed E-state index contributed by atoms with van der Waals surface area (Å²) in [5.74, 6) is -2.83. The van der Waals surface area contributed by atoms with Crippen LogP contribution in [0.4, 0.5) is 18.9 Å². The van der Waals surface area contributed by atoms with Gasteiger partial charge >= 0.3 is 12.1 Å². The third-order valence-corrected chi connectivity index (χ3v) is 3.74. The number of fused-ring (bicyclic) bond motifs is 1. The molecule has 0 bridgehead atoms. The van der Waals surface area contributed by atoms with Crippen LogP contribution in [-0.4, -0.2) is 36.0 Å². The van der Waals surface area contributed by atoms with Crippen LogP contribution in [0.3, 0.4) is 0 Å². The summed E-state index contributed by atoms with van der Waals surface area (Å²) in [5, 5.41) is 6.82. The van der Waals surface area contributed by atoms with Gasteiger partial charge in [-0.3, -0.25) is 14.4 Å². The number of rotatable bonds is 4. The van der Waals surface area contributed by atoms with Gasteiger partial charge in [0.15, 0.2) is 6.61 Å². The molecule has 0 fully saturated rings. The van der Waals surface area contributed by atoms with Crippen LogP contribution in [0.2, 0.25) is 0 Å². The van der Waals surface area contributed by atoms with E-state index >= 15 is 0 Å². The van der Waals surface area contributed by atoms with Gasteiger partial charge in [-0.15, -0.1) is 0 Å². The molecule has 1 atom stereocenters. The average molecular weight is 373 g/mol. The highest BCUT2D eigenvalue weighted by molar-refractivity contribution is 5.95. The first-order valence-electron chi connectivity index (χ1n) is 7.67. The van der Waals surface area contributed by atoms with E-state index in [0.717, 1.165) is 0 Å². The number of anilines is 1. The van der Waals surface area contributed by atoms with Crippen LogP contribution in [0, 0.1) is 0 Å². The Bertz CT molecular complexity index is 747. The summed E-state index contributed by atoms with van der Waals surface area (Å²) in [4.78, 5) is 34.7. The van der Waals surface area contributed by atoms with E-state index < -0.39 is 29.6 Å². The Morgan fingerprint density at radius 3 is 2.50 bits per heavy atom. The van der Waals surface area contributed by atoms with Crippen LogP contribution >= 0.6 is 0 Å². The van der Waals surface area contributed by atoms with Gasteiger partial charge < -0.3 is 20.7 Å². The van der Waals surface area contributed by atoms with Crippen LogP contribution < -0.4 is 20.7 Å². The number of halogens is 3. The SMILES string of the molecule is C[C@@H](NC(=O)C(C)(C)NC(=O)C(F)(F)F)c1ccc2c(c1)NC(=O)CO2. The zero-order chi connectivity index (χ0) is 19.7. The number of amides is 3. The van der Waals surface area contributed by atoms with E-state index in [-0.39, 0.29) is 12.5 Å². The van der Waals surface area contributed by atoms with Crippen molar-refractivity contribution in [1.29, 1.82) is 0 Å². The molecule has 0 spiro atoms. The quantitative estimate of drug-likeness (QED) is 0.748. The molecule has 0 saturated heterocycles. The maximum atomic E-state index is 12.4. The fourth-order valence-corrected chi connectivity index (χ4v) is 2.24. The lowest BCUT2D eigenvalue weighted by Gasteiger charge is -2.28. The molecule has 3 amide bonds. The molecule has 26 heavy (non-hydrogen) atoms. The Hall–Kier alpha value is -2.78. The van der Waals surface area contributed by atoms with Crippen molar-refractivity contribution in [3.05, 3.63) is 23.8 Å². The van der Waals surface area contributed by atoms with Gasteiger partial charge in [0.1, 0.15) is 11.3 Å². The highest BCUT2D eigenvalue weighted by Crippen LogP contribution is 2.30. The van der Waals surface area contributed by atoms with Gasteiger partial charge in [0, 0.05) is 0 Å². The first-order chi connectivity index (χ1) is 11.9. The molecule has 7 nitrogen and oxygen atoms in total. The molecule has 2 rings (SSSR count). The van der Waals surface area contributed by atoms with Crippen molar-refractivity contribution in [3.63, 3.8) is 0 Å². The number of benzene rings is 1. The van der Waals surface area contributed by atoms with E-state index in [9.17, 15) is 27.6 Å². The minimum Gasteiger partial charge on any atom is -0.482 e. The molecule has 142 valence electrons. The van der Waals surface area contributed by atoms with Crippen molar-refractivity contribution in [3.8, 4) is 5.75 Å². The molecule has 1 aromatic rings. The van der Waals surface area contributed by atoms with E-state index in [0.29, 0.717) is 17.0 Å². The average Bonchev–Trinajstić information content (AvgIpc) is 2.52. The number of alkyl halides is 3. The molecule has 3 N–H and O–H groups in total. The Labute approximate surface area is 147 Å². The lowest BCUT2D eigenvalue weighted by Crippen LogP contribution is -2.57. The number of ether oxygens (including phenoxy) is 1. The summed E-state index contributed by atoms with van der Waals surface area (Å²) in [6.07, 6.45) is -5.08. The lowest BCUT2D eigenvalue weighted by molar-refractivity contribution is -0.176. The number of hydrogen-bond acceptors (Lipinski definition) is 4. The van der Waals surface area contributed by atoms with E-state index in [1.807, 2.05) is 0 Å². The summed E-state index contributed by atoms with van der Waals surface area (Å²) in [5.41, 5.74) is -0.739.